The molecule has 1 rings (SSSR count). The van der Waals surface area contributed by atoms with Gasteiger partial charge in [-0.25, -0.2) is 4.79 Å². The SMILES string of the molecule is CC(C)c1noc(=O)o1. The molecule has 0 saturated heterocycles. The highest BCUT2D eigenvalue weighted by molar-refractivity contribution is 4.79. The summed E-state index contributed by atoms with van der Waals surface area (Å²) in [7, 11) is 0. The van der Waals surface area contributed by atoms with Gasteiger partial charge in [0.05, 0.1) is 0 Å². The van der Waals surface area contributed by atoms with E-state index in [1.54, 1.807) is 0 Å². The predicted molar refractivity (Wildman–Crippen MR) is 29.1 cm³/mol. The van der Waals surface area contributed by atoms with Gasteiger partial charge in [0.1, 0.15) is 0 Å². The van der Waals surface area contributed by atoms with E-state index in [0.717, 1.165) is 0 Å². The van der Waals surface area contributed by atoms with Crippen molar-refractivity contribution in [1.82, 2.24) is 5.16 Å². The lowest BCUT2D eigenvalue weighted by atomic mass is 10.2. The van der Waals surface area contributed by atoms with Crippen molar-refractivity contribution in [2.45, 2.75) is 19.8 Å². The topological polar surface area (TPSA) is 56.2 Å². The average Bonchev–Trinajstić information content (AvgIpc) is 2.14. The molecule has 0 amide bonds. The minimum Gasteiger partial charge on any atom is -0.375 e. The van der Waals surface area contributed by atoms with Crippen LogP contribution in [-0.4, -0.2) is 5.16 Å². The van der Waals surface area contributed by atoms with Crippen LogP contribution in [0, 0.1) is 0 Å². The molecule has 1 aromatic rings. The Hall–Kier alpha value is -1.06. The molecule has 0 bridgehead atoms. The van der Waals surface area contributed by atoms with Crippen LogP contribution in [0.25, 0.3) is 0 Å². The molecule has 1 aromatic heterocycles. The number of hydrogen-bond acceptors (Lipinski definition) is 4. The summed E-state index contributed by atoms with van der Waals surface area (Å²) in [5.41, 5.74) is 0. The van der Waals surface area contributed by atoms with Gasteiger partial charge in [-0.15, -0.1) is 0 Å². The van der Waals surface area contributed by atoms with Gasteiger partial charge in [0.25, 0.3) is 0 Å². The third-order valence-electron chi connectivity index (χ3n) is 0.892. The Balaban J connectivity index is 2.98. The zero-order chi connectivity index (χ0) is 6.85. The number of rotatable bonds is 1. The van der Waals surface area contributed by atoms with E-state index >= 15 is 0 Å². The minimum absolute atomic E-state index is 0.108. The molecule has 4 heteroatoms. The Morgan fingerprint density at radius 3 is 2.44 bits per heavy atom. The molecule has 50 valence electrons. The molecule has 0 aromatic carbocycles. The predicted octanol–water partition coefficient (Wildman–Crippen LogP) is 0.751. The van der Waals surface area contributed by atoms with E-state index in [1.165, 1.54) is 0 Å². The second-order valence-electron chi connectivity index (χ2n) is 2.03. The molecule has 9 heavy (non-hydrogen) atoms. The van der Waals surface area contributed by atoms with Crippen LogP contribution in [-0.2, 0) is 0 Å². The van der Waals surface area contributed by atoms with Crippen LogP contribution in [0.1, 0.15) is 25.7 Å². The van der Waals surface area contributed by atoms with Crippen LogP contribution in [0.3, 0.4) is 0 Å². The molecule has 0 unspecified atom stereocenters. The average molecular weight is 129 g/mol. The molecule has 0 fully saturated rings. The third kappa shape index (κ3) is 1.19. The zero-order valence-corrected chi connectivity index (χ0v) is 5.25. The van der Waals surface area contributed by atoms with Gasteiger partial charge in [0, 0.05) is 5.92 Å². The summed E-state index contributed by atoms with van der Waals surface area (Å²) in [5.74, 6) is -0.282. The van der Waals surface area contributed by atoms with Gasteiger partial charge in [-0.2, -0.15) is 0 Å². The van der Waals surface area contributed by atoms with E-state index in [1.807, 2.05) is 13.8 Å². The molecule has 0 saturated carbocycles. The molecule has 0 N–H and O–H groups in total. The molecule has 1 heterocycles. The zero-order valence-electron chi connectivity index (χ0n) is 5.25. The van der Waals surface area contributed by atoms with Crippen LogP contribution >= 0.6 is 0 Å². The van der Waals surface area contributed by atoms with Gasteiger partial charge in [0.15, 0.2) is 0 Å². The normalized spacial score (nSPS) is 10.6. The lowest BCUT2D eigenvalue weighted by molar-refractivity contribution is 0.333. The molecule has 0 aliphatic rings. The van der Waals surface area contributed by atoms with Gasteiger partial charge in [-0.05, 0) is 5.16 Å². The van der Waals surface area contributed by atoms with Gasteiger partial charge in [-0.3, -0.25) is 4.52 Å². The van der Waals surface area contributed by atoms with Crippen molar-refractivity contribution in [2.75, 3.05) is 0 Å². The molecule has 0 aliphatic heterocycles. The standard InChI is InChI=1S/C5H7NO3/c1-3(2)4-6-9-5(7)8-4/h3H,1-2H3. The maximum Gasteiger partial charge on any atom is 0.542 e. The summed E-state index contributed by atoms with van der Waals surface area (Å²) in [4.78, 5) is 10.2. The van der Waals surface area contributed by atoms with Crippen LogP contribution in [0.2, 0.25) is 0 Å². The van der Waals surface area contributed by atoms with E-state index in [9.17, 15) is 4.79 Å². The minimum atomic E-state index is -0.737. The van der Waals surface area contributed by atoms with Crippen LogP contribution in [0.4, 0.5) is 0 Å². The molecule has 0 atom stereocenters. The van der Waals surface area contributed by atoms with E-state index < -0.39 is 5.82 Å². The van der Waals surface area contributed by atoms with Gasteiger partial charge < -0.3 is 4.42 Å². The Labute approximate surface area is 51.5 Å². The number of aromatic nitrogens is 1. The van der Waals surface area contributed by atoms with Crippen molar-refractivity contribution in [1.29, 1.82) is 0 Å². The fourth-order valence-corrected chi connectivity index (χ4v) is 0.428. The van der Waals surface area contributed by atoms with Crippen molar-refractivity contribution in [2.24, 2.45) is 0 Å². The molecular weight excluding hydrogens is 122 g/mol. The van der Waals surface area contributed by atoms with Gasteiger partial charge in [0.2, 0.25) is 5.89 Å². The van der Waals surface area contributed by atoms with E-state index in [0.29, 0.717) is 5.89 Å². The summed E-state index contributed by atoms with van der Waals surface area (Å²) in [5, 5.41) is 3.36. The Kier molecular flexibility index (Phi) is 1.38. The first-order valence-corrected chi connectivity index (χ1v) is 2.67. The summed E-state index contributed by atoms with van der Waals surface area (Å²) < 4.78 is 8.67. The molecule has 0 spiro atoms. The second kappa shape index (κ2) is 2.05. The van der Waals surface area contributed by atoms with E-state index in [-0.39, 0.29) is 5.92 Å². The highest BCUT2D eigenvalue weighted by Gasteiger charge is 2.06. The van der Waals surface area contributed by atoms with Crippen molar-refractivity contribution in [3.05, 3.63) is 16.5 Å². The van der Waals surface area contributed by atoms with Gasteiger partial charge in [-0.1, -0.05) is 13.8 Å². The fraction of sp³-hybridized carbons (Fsp3) is 0.600. The van der Waals surface area contributed by atoms with E-state index in [2.05, 4.69) is 14.1 Å². The smallest absolute Gasteiger partial charge is 0.375 e. The lowest BCUT2D eigenvalue weighted by Gasteiger charge is -1.89. The highest BCUT2D eigenvalue weighted by Crippen LogP contribution is 2.06. The summed E-state index contributed by atoms with van der Waals surface area (Å²) in [6, 6.07) is 0. The second-order valence-corrected chi connectivity index (χ2v) is 2.03. The van der Waals surface area contributed by atoms with Crippen LogP contribution in [0.15, 0.2) is 13.7 Å². The van der Waals surface area contributed by atoms with Crippen molar-refractivity contribution < 1.29 is 8.94 Å². The highest BCUT2D eigenvalue weighted by atomic mass is 16.6. The van der Waals surface area contributed by atoms with Crippen molar-refractivity contribution in [3.8, 4) is 0 Å². The lowest BCUT2D eigenvalue weighted by Crippen LogP contribution is -1.88. The maximum atomic E-state index is 10.2. The Morgan fingerprint density at radius 1 is 1.56 bits per heavy atom. The quantitative estimate of drug-likeness (QED) is 0.561. The molecular formula is C5H7NO3. The first-order valence-electron chi connectivity index (χ1n) is 2.67. The van der Waals surface area contributed by atoms with Crippen molar-refractivity contribution in [3.63, 3.8) is 0 Å². The fourth-order valence-electron chi connectivity index (χ4n) is 0.428. The van der Waals surface area contributed by atoms with Crippen molar-refractivity contribution >= 4 is 0 Å². The number of hydrogen-bond donors (Lipinski definition) is 0. The maximum absolute atomic E-state index is 10.2. The largest absolute Gasteiger partial charge is 0.542 e. The first kappa shape index (κ1) is 6.07. The third-order valence-corrected chi connectivity index (χ3v) is 0.892. The summed E-state index contributed by atoms with van der Waals surface area (Å²) in [6.07, 6.45) is 0. The number of nitrogens with zero attached hydrogens (tertiary/aromatic N) is 1. The molecule has 4 nitrogen and oxygen atoms in total. The summed E-state index contributed by atoms with van der Waals surface area (Å²) >= 11 is 0. The monoisotopic (exact) mass is 129 g/mol. The van der Waals surface area contributed by atoms with Crippen LogP contribution < -0.4 is 5.82 Å². The Bertz CT molecular complexity index is 234. The first-order chi connectivity index (χ1) is 4.20. The summed E-state index contributed by atoms with van der Waals surface area (Å²) in [6.45, 7) is 3.72. The Morgan fingerprint density at radius 2 is 2.22 bits per heavy atom. The van der Waals surface area contributed by atoms with E-state index in [4.69, 9.17) is 0 Å². The molecule has 0 aliphatic carbocycles. The van der Waals surface area contributed by atoms with Crippen LogP contribution in [0.5, 0.6) is 0 Å². The molecule has 0 radical (unpaired) electrons. The van der Waals surface area contributed by atoms with Gasteiger partial charge >= 0.3 is 5.82 Å².